The van der Waals surface area contributed by atoms with Crippen molar-refractivity contribution in [2.24, 2.45) is 4.99 Å². The summed E-state index contributed by atoms with van der Waals surface area (Å²) < 4.78 is 5.62. The van der Waals surface area contributed by atoms with Crippen LogP contribution in [0.3, 0.4) is 0 Å². The van der Waals surface area contributed by atoms with Crippen molar-refractivity contribution in [1.82, 2.24) is 0 Å². The molecule has 140 valence electrons. The predicted molar refractivity (Wildman–Crippen MR) is 118 cm³/mol. The average Bonchev–Trinajstić information content (AvgIpc) is 3.08. The zero-order chi connectivity index (χ0) is 19.4. The van der Waals surface area contributed by atoms with E-state index in [1.807, 2.05) is 24.3 Å². The molecule has 3 aromatic carbocycles. The molecule has 0 atom stereocenters. The summed E-state index contributed by atoms with van der Waals surface area (Å²) in [5.74, 6) is 0.698. The Bertz CT molecular complexity index is 935. The van der Waals surface area contributed by atoms with Gasteiger partial charge in [0.25, 0.3) is 0 Å². The number of hydrogen-bond acceptors (Lipinski definition) is 3. The van der Waals surface area contributed by atoms with Crippen LogP contribution in [0.25, 0.3) is 6.08 Å². The van der Waals surface area contributed by atoms with Gasteiger partial charge in [-0.25, -0.2) is 4.99 Å². The van der Waals surface area contributed by atoms with Crippen molar-refractivity contribution in [3.63, 3.8) is 0 Å². The van der Waals surface area contributed by atoms with Crippen LogP contribution >= 0.6 is 0 Å². The minimum atomic E-state index is -0.130. The van der Waals surface area contributed by atoms with E-state index in [4.69, 9.17) is 4.74 Å². The number of benzene rings is 3. The van der Waals surface area contributed by atoms with Gasteiger partial charge in [-0.15, -0.1) is 0 Å². The lowest BCUT2D eigenvalue weighted by Gasteiger charge is -2.25. The molecule has 0 radical (unpaired) electrons. The third-order valence-electron chi connectivity index (χ3n) is 4.58. The Hall–Kier alpha value is -3.33. The van der Waals surface area contributed by atoms with Gasteiger partial charge in [0, 0.05) is 23.1 Å². The zero-order valence-electron chi connectivity index (χ0n) is 16.2. The van der Waals surface area contributed by atoms with Gasteiger partial charge >= 0.3 is 0 Å². The fourth-order valence-corrected chi connectivity index (χ4v) is 3.20. The maximum absolute atomic E-state index is 5.62. The van der Waals surface area contributed by atoms with Crippen LogP contribution in [-0.4, -0.2) is 18.0 Å². The highest BCUT2D eigenvalue weighted by atomic mass is 16.5. The summed E-state index contributed by atoms with van der Waals surface area (Å²) in [4.78, 5) is 6.81. The first-order valence-corrected chi connectivity index (χ1v) is 9.52. The van der Waals surface area contributed by atoms with Gasteiger partial charge in [-0.05, 0) is 61.9 Å². The SMILES string of the molecule is CC1(C)COC(C=Cc2ccc(N(c3ccccc3)c3ccccc3)cc2)=N1. The second kappa shape index (κ2) is 7.73. The first-order chi connectivity index (χ1) is 13.6. The molecule has 0 fully saturated rings. The van der Waals surface area contributed by atoms with Gasteiger partial charge in [0.15, 0.2) is 0 Å². The maximum Gasteiger partial charge on any atom is 0.209 e. The number of hydrogen-bond donors (Lipinski definition) is 0. The first kappa shape index (κ1) is 18.1. The number of rotatable bonds is 5. The summed E-state index contributed by atoms with van der Waals surface area (Å²) in [6.45, 7) is 4.78. The van der Waals surface area contributed by atoms with Crippen LogP contribution in [0.5, 0.6) is 0 Å². The van der Waals surface area contributed by atoms with E-state index in [0.29, 0.717) is 12.5 Å². The summed E-state index contributed by atoms with van der Waals surface area (Å²) in [5.41, 5.74) is 4.36. The van der Waals surface area contributed by atoms with Crippen molar-refractivity contribution in [2.75, 3.05) is 11.5 Å². The van der Waals surface area contributed by atoms with Gasteiger partial charge < -0.3 is 9.64 Å². The molecule has 0 saturated carbocycles. The van der Waals surface area contributed by atoms with Crippen LogP contribution < -0.4 is 4.90 Å². The van der Waals surface area contributed by atoms with Gasteiger partial charge in [0.2, 0.25) is 5.90 Å². The second-order valence-corrected chi connectivity index (χ2v) is 7.48. The van der Waals surface area contributed by atoms with E-state index in [0.717, 1.165) is 22.6 Å². The number of ether oxygens (including phenoxy) is 1. The number of para-hydroxylation sites is 2. The highest BCUT2D eigenvalue weighted by Crippen LogP contribution is 2.34. The van der Waals surface area contributed by atoms with Crippen molar-refractivity contribution < 1.29 is 4.74 Å². The molecule has 1 aliphatic heterocycles. The highest BCUT2D eigenvalue weighted by Gasteiger charge is 2.24. The minimum Gasteiger partial charge on any atom is -0.475 e. The Balaban J connectivity index is 1.60. The third-order valence-corrected chi connectivity index (χ3v) is 4.58. The Morgan fingerprint density at radius 1 is 0.750 bits per heavy atom. The van der Waals surface area contributed by atoms with E-state index < -0.39 is 0 Å². The van der Waals surface area contributed by atoms with Gasteiger partial charge in [0.05, 0.1) is 5.54 Å². The molecular formula is C25H24N2O. The van der Waals surface area contributed by atoms with Crippen LogP contribution in [0.1, 0.15) is 19.4 Å². The van der Waals surface area contributed by atoms with E-state index in [1.165, 1.54) is 0 Å². The molecule has 3 aromatic rings. The maximum atomic E-state index is 5.62. The molecule has 28 heavy (non-hydrogen) atoms. The van der Waals surface area contributed by atoms with E-state index in [-0.39, 0.29) is 5.54 Å². The second-order valence-electron chi connectivity index (χ2n) is 7.48. The molecule has 3 nitrogen and oxygen atoms in total. The monoisotopic (exact) mass is 368 g/mol. The fraction of sp³-hybridized carbons (Fsp3) is 0.160. The van der Waals surface area contributed by atoms with E-state index in [1.54, 1.807) is 0 Å². The lowest BCUT2D eigenvalue weighted by Crippen LogP contribution is -2.17. The summed E-state index contributed by atoms with van der Waals surface area (Å²) in [7, 11) is 0. The topological polar surface area (TPSA) is 24.8 Å². The molecular weight excluding hydrogens is 344 g/mol. The quantitative estimate of drug-likeness (QED) is 0.522. The Kier molecular flexibility index (Phi) is 4.98. The molecule has 0 amide bonds. The molecule has 0 bridgehead atoms. The molecule has 0 aromatic heterocycles. The molecule has 0 aliphatic carbocycles. The average molecular weight is 368 g/mol. The first-order valence-electron chi connectivity index (χ1n) is 9.52. The van der Waals surface area contributed by atoms with Crippen LogP contribution in [0, 0.1) is 0 Å². The molecule has 0 saturated heterocycles. The number of aliphatic imine (C=N–C) groups is 1. The molecule has 4 rings (SSSR count). The molecule has 1 heterocycles. The predicted octanol–water partition coefficient (Wildman–Crippen LogP) is 6.38. The van der Waals surface area contributed by atoms with Crippen LogP contribution in [0.2, 0.25) is 0 Å². The van der Waals surface area contributed by atoms with Crippen LogP contribution in [0.15, 0.2) is 96.0 Å². The molecule has 3 heteroatoms. The molecule has 0 N–H and O–H groups in total. The minimum absolute atomic E-state index is 0.130. The normalized spacial score (nSPS) is 15.3. The van der Waals surface area contributed by atoms with Crippen molar-refractivity contribution >= 4 is 29.0 Å². The summed E-state index contributed by atoms with van der Waals surface area (Å²) in [6, 6.07) is 29.3. The summed E-state index contributed by atoms with van der Waals surface area (Å²) in [5, 5.41) is 0. The smallest absolute Gasteiger partial charge is 0.209 e. The van der Waals surface area contributed by atoms with Crippen molar-refractivity contribution in [1.29, 1.82) is 0 Å². The van der Waals surface area contributed by atoms with Crippen molar-refractivity contribution in [2.45, 2.75) is 19.4 Å². The molecule has 0 unspecified atom stereocenters. The van der Waals surface area contributed by atoms with Crippen LogP contribution in [0.4, 0.5) is 17.1 Å². The molecule has 0 spiro atoms. The van der Waals surface area contributed by atoms with E-state index >= 15 is 0 Å². The summed E-state index contributed by atoms with van der Waals surface area (Å²) in [6.07, 6.45) is 3.98. The third kappa shape index (κ3) is 4.15. The van der Waals surface area contributed by atoms with Crippen LogP contribution in [-0.2, 0) is 4.74 Å². The molecule has 1 aliphatic rings. The van der Waals surface area contributed by atoms with E-state index in [2.05, 4.69) is 96.5 Å². The van der Waals surface area contributed by atoms with E-state index in [9.17, 15) is 0 Å². The Morgan fingerprint density at radius 2 is 1.29 bits per heavy atom. The largest absolute Gasteiger partial charge is 0.475 e. The Morgan fingerprint density at radius 3 is 1.79 bits per heavy atom. The van der Waals surface area contributed by atoms with Crippen molar-refractivity contribution in [3.05, 3.63) is 96.6 Å². The van der Waals surface area contributed by atoms with Gasteiger partial charge in [0.1, 0.15) is 6.61 Å². The lowest BCUT2D eigenvalue weighted by molar-refractivity contribution is 0.280. The Labute approximate surface area is 166 Å². The lowest BCUT2D eigenvalue weighted by atomic mass is 10.1. The standard InChI is InChI=1S/C25H24N2O/c1-25(2)19-28-24(26-25)18-15-20-13-16-23(17-14-20)27(21-9-5-3-6-10-21)22-11-7-4-8-12-22/h3-18H,19H2,1-2H3. The van der Waals surface area contributed by atoms with Gasteiger partial charge in [-0.2, -0.15) is 0 Å². The van der Waals surface area contributed by atoms with Gasteiger partial charge in [-0.1, -0.05) is 48.5 Å². The van der Waals surface area contributed by atoms with Gasteiger partial charge in [-0.3, -0.25) is 0 Å². The number of anilines is 3. The number of nitrogens with zero attached hydrogens (tertiary/aromatic N) is 2. The highest BCUT2D eigenvalue weighted by molar-refractivity contribution is 5.93. The van der Waals surface area contributed by atoms with Crippen molar-refractivity contribution in [3.8, 4) is 0 Å². The fourth-order valence-electron chi connectivity index (χ4n) is 3.20. The summed E-state index contributed by atoms with van der Waals surface area (Å²) >= 11 is 0. The zero-order valence-corrected chi connectivity index (χ0v) is 16.2.